The van der Waals surface area contributed by atoms with E-state index in [0.29, 0.717) is 17.2 Å². The third-order valence-electron chi connectivity index (χ3n) is 4.23. The Labute approximate surface area is 159 Å². The molecule has 0 fully saturated rings. The molecule has 0 saturated carbocycles. The van der Waals surface area contributed by atoms with Crippen LogP contribution in [-0.2, 0) is 0 Å². The van der Waals surface area contributed by atoms with Crippen molar-refractivity contribution < 1.29 is 4.74 Å². The van der Waals surface area contributed by atoms with E-state index in [9.17, 15) is 5.26 Å². The molecule has 0 saturated heterocycles. The fourth-order valence-electron chi connectivity index (χ4n) is 3.02. The van der Waals surface area contributed by atoms with E-state index in [0.717, 1.165) is 28.6 Å². The monoisotopic (exact) mass is 364 g/mol. The number of anilines is 3. The lowest BCUT2D eigenvalue weighted by Gasteiger charge is -2.21. The van der Waals surface area contributed by atoms with Crippen LogP contribution in [0.15, 0.2) is 59.9 Å². The number of rotatable bonds is 4. The van der Waals surface area contributed by atoms with E-state index < -0.39 is 0 Å². The molecular formula is C20H20N4OS. The first-order chi connectivity index (χ1) is 12.6. The topological polar surface area (TPSA) is 51.5 Å². The summed E-state index contributed by atoms with van der Waals surface area (Å²) in [6, 6.07) is 17.8. The molecule has 0 aliphatic carbocycles. The Bertz CT molecular complexity index is 868. The standard InChI is InChI=1S/C20H20N4OS/c1-4-25-15-11-9-14(10-12-15)22-19(26)16(13-21)20-23(2)17-7-5-6-8-18(17)24(20)3/h5-12H,4H2,1-3H3,(H,22,26). The van der Waals surface area contributed by atoms with Crippen LogP contribution in [0, 0.1) is 11.3 Å². The second-order valence-corrected chi connectivity index (χ2v) is 6.24. The zero-order valence-corrected chi connectivity index (χ0v) is 15.8. The van der Waals surface area contributed by atoms with Crippen molar-refractivity contribution in [3.8, 4) is 11.8 Å². The van der Waals surface area contributed by atoms with Crippen LogP contribution in [0.5, 0.6) is 5.75 Å². The van der Waals surface area contributed by atoms with Gasteiger partial charge in [-0.3, -0.25) is 0 Å². The van der Waals surface area contributed by atoms with Crippen LogP contribution >= 0.6 is 12.2 Å². The summed E-state index contributed by atoms with van der Waals surface area (Å²) in [4.78, 5) is 4.36. The smallest absolute Gasteiger partial charge is 0.134 e. The van der Waals surface area contributed by atoms with Gasteiger partial charge in [-0.15, -0.1) is 0 Å². The van der Waals surface area contributed by atoms with Crippen molar-refractivity contribution in [2.24, 2.45) is 0 Å². The van der Waals surface area contributed by atoms with E-state index >= 15 is 0 Å². The summed E-state index contributed by atoms with van der Waals surface area (Å²) in [5.41, 5.74) is 3.32. The number of benzene rings is 2. The Balaban J connectivity index is 1.88. The van der Waals surface area contributed by atoms with Crippen molar-refractivity contribution in [1.29, 1.82) is 5.26 Å². The lowest BCUT2D eigenvalue weighted by atomic mass is 10.2. The molecule has 5 nitrogen and oxygen atoms in total. The van der Waals surface area contributed by atoms with Gasteiger partial charge in [-0.05, 0) is 43.3 Å². The number of nitrogens with one attached hydrogen (secondary N) is 1. The van der Waals surface area contributed by atoms with E-state index in [1.54, 1.807) is 0 Å². The van der Waals surface area contributed by atoms with Gasteiger partial charge in [-0.1, -0.05) is 24.4 Å². The highest BCUT2D eigenvalue weighted by Crippen LogP contribution is 2.40. The summed E-state index contributed by atoms with van der Waals surface area (Å²) in [7, 11) is 3.88. The summed E-state index contributed by atoms with van der Waals surface area (Å²) < 4.78 is 5.44. The molecular weight excluding hydrogens is 344 g/mol. The Morgan fingerprint density at radius 2 is 1.65 bits per heavy atom. The highest BCUT2D eigenvalue weighted by molar-refractivity contribution is 7.81. The van der Waals surface area contributed by atoms with Crippen LogP contribution in [0.4, 0.5) is 17.1 Å². The number of nitrogens with zero attached hydrogens (tertiary/aromatic N) is 3. The first-order valence-electron chi connectivity index (χ1n) is 8.32. The van der Waals surface area contributed by atoms with E-state index in [1.807, 2.05) is 79.3 Å². The van der Waals surface area contributed by atoms with Gasteiger partial charge in [0, 0.05) is 19.8 Å². The first-order valence-corrected chi connectivity index (χ1v) is 8.72. The van der Waals surface area contributed by atoms with Gasteiger partial charge in [0.1, 0.15) is 28.2 Å². The first kappa shape index (κ1) is 17.8. The number of hydrogen-bond donors (Lipinski definition) is 1. The predicted molar refractivity (Wildman–Crippen MR) is 110 cm³/mol. The minimum atomic E-state index is 0.387. The molecule has 1 N–H and O–H groups in total. The Morgan fingerprint density at radius 3 is 2.15 bits per heavy atom. The summed E-state index contributed by atoms with van der Waals surface area (Å²) in [5, 5.41) is 12.9. The summed E-state index contributed by atoms with van der Waals surface area (Å²) in [6.45, 7) is 2.56. The van der Waals surface area contributed by atoms with Gasteiger partial charge in [0.05, 0.1) is 18.0 Å². The average Bonchev–Trinajstić information content (AvgIpc) is 2.90. The molecule has 1 heterocycles. The van der Waals surface area contributed by atoms with Crippen molar-refractivity contribution in [3.05, 3.63) is 59.9 Å². The van der Waals surface area contributed by atoms with Crippen LogP contribution in [0.3, 0.4) is 0 Å². The molecule has 0 aromatic heterocycles. The summed E-state index contributed by atoms with van der Waals surface area (Å²) in [6.07, 6.45) is 0. The van der Waals surface area contributed by atoms with Gasteiger partial charge in [0.15, 0.2) is 0 Å². The van der Waals surface area contributed by atoms with Gasteiger partial charge >= 0.3 is 0 Å². The minimum Gasteiger partial charge on any atom is -0.494 e. The number of ether oxygens (including phenoxy) is 1. The fraction of sp³-hybridized carbons (Fsp3) is 0.200. The second-order valence-electron chi connectivity index (χ2n) is 5.83. The highest BCUT2D eigenvalue weighted by atomic mass is 32.1. The molecule has 26 heavy (non-hydrogen) atoms. The van der Waals surface area contributed by atoms with Gasteiger partial charge in [-0.25, -0.2) is 0 Å². The maximum Gasteiger partial charge on any atom is 0.134 e. The largest absolute Gasteiger partial charge is 0.494 e. The van der Waals surface area contributed by atoms with E-state index in [-0.39, 0.29) is 0 Å². The maximum absolute atomic E-state index is 9.75. The minimum absolute atomic E-state index is 0.387. The summed E-state index contributed by atoms with van der Waals surface area (Å²) in [5.74, 6) is 1.56. The molecule has 2 aromatic rings. The molecule has 0 unspecified atom stereocenters. The molecule has 2 aromatic carbocycles. The molecule has 6 heteroatoms. The van der Waals surface area contributed by atoms with Gasteiger partial charge < -0.3 is 19.9 Å². The van der Waals surface area contributed by atoms with Gasteiger partial charge in [0.25, 0.3) is 0 Å². The van der Waals surface area contributed by atoms with E-state index in [1.165, 1.54) is 0 Å². The number of thiocarbonyl (C=S) groups is 1. The molecule has 0 amide bonds. The quantitative estimate of drug-likeness (QED) is 0.500. The Morgan fingerprint density at radius 1 is 1.08 bits per heavy atom. The molecule has 0 bridgehead atoms. The normalized spacial score (nSPS) is 12.5. The number of nitriles is 1. The summed E-state index contributed by atoms with van der Waals surface area (Å²) >= 11 is 5.52. The molecule has 0 spiro atoms. The zero-order chi connectivity index (χ0) is 18.7. The van der Waals surface area contributed by atoms with E-state index in [2.05, 4.69) is 11.4 Å². The van der Waals surface area contributed by atoms with Crippen LogP contribution in [0.2, 0.25) is 0 Å². The van der Waals surface area contributed by atoms with Crippen LogP contribution in [0.1, 0.15) is 6.92 Å². The number of fused-ring (bicyclic) bond motifs is 1. The Kier molecular flexibility index (Phi) is 5.10. The van der Waals surface area contributed by atoms with E-state index in [4.69, 9.17) is 17.0 Å². The predicted octanol–water partition coefficient (Wildman–Crippen LogP) is 4.15. The van der Waals surface area contributed by atoms with Crippen molar-refractivity contribution in [1.82, 2.24) is 0 Å². The van der Waals surface area contributed by atoms with Gasteiger partial charge in [0.2, 0.25) is 0 Å². The van der Waals surface area contributed by atoms with Crippen molar-refractivity contribution in [3.63, 3.8) is 0 Å². The third kappa shape index (κ3) is 3.22. The molecule has 1 aliphatic rings. The van der Waals surface area contributed by atoms with Crippen molar-refractivity contribution in [2.75, 3.05) is 35.8 Å². The lowest BCUT2D eigenvalue weighted by Crippen LogP contribution is -2.27. The molecule has 1 aliphatic heterocycles. The number of para-hydroxylation sites is 2. The SMILES string of the molecule is CCOc1ccc(NC(=S)C(C#N)=C2N(C)c3ccccc3N2C)cc1. The van der Waals surface area contributed by atoms with Gasteiger partial charge in [-0.2, -0.15) is 5.26 Å². The molecule has 132 valence electrons. The Hall–Kier alpha value is -3.04. The van der Waals surface area contributed by atoms with Crippen LogP contribution < -0.4 is 19.9 Å². The third-order valence-corrected chi connectivity index (χ3v) is 4.53. The average molecular weight is 364 g/mol. The van der Waals surface area contributed by atoms with Crippen LogP contribution in [0.25, 0.3) is 0 Å². The van der Waals surface area contributed by atoms with Crippen molar-refractivity contribution >= 4 is 34.3 Å². The zero-order valence-electron chi connectivity index (χ0n) is 15.0. The molecule has 0 atom stereocenters. The highest BCUT2D eigenvalue weighted by Gasteiger charge is 2.30. The van der Waals surface area contributed by atoms with Crippen LogP contribution in [-0.4, -0.2) is 25.7 Å². The van der Waals surface area contributed by atoms with Crippen molar-refractivity contribution in [2.45, 2.75) is 6.92 Å². The lowest BCUT2D eigenvalue weighted by molar-refractivity contribution is 0.340. The molecule has 0 radical (unpaired) electrons. The maximum atomic E-state index is 9.75. The second kappa shape index (κ2) is 7.46. The number of hydrogen-bond acceptors (Lipinski definition) is 5. The fourth-order valence-corrected chi connectivity index (χ4v) is 3.27. The molecule has 3 rings (SSSR count).